The van der Waals surface area contributed by atoms with E-state index < -0.39 is 23.3 Å². The Labute approximate surface area is 120 Å². The smallest absolute Gasteiger partial charge is 0.412 e. The number of rotatable bonds is 1. The maximum absolute atomic E-state index is 13.9. The number of carbonyl (C=O) groups is 1. The first-order valence-electron chi connectivity index (χ1n) is 6.47. The van der Waals surface area contributed by atoms with Gasteiger partial charge in [0.15, 0.2) is 11.6 Å². The summed E-state index contributed by atoms with van der Waals surface area (Å²) in [6.45, 7) is 3.49. The molecule has 1 amide bonds. The van der Waals surface area contributed by atoms with E-state index in [-0.39, 0.29) is 5.56 Å². The van der Waals surface area contributed by atoms with E-state index in [1.165, 1.54) is 12.1 Å². The number of nitrogens with one attached hydrogen (secondary N) is 1. The van der Waals surface area contributed by atoms with Crippen molar-refractivity contribution in [2.75, 3.05) is 5.32 Å². The number of amides is 1. The van der Waals surface area contributed by atoms with Gasteiger partial charge in [-0.2, -0.15) is 0 Å². The number of halogens is 2. The Morgan fingerprint density at radius 3 is 2.67 bits per heavy atom. The van der Waals surface area contributed by atoms with Gasteiger partial charge in [-0.3, -0.25) is 5.32 Å². The third kappa shape index (κ3) is 2.24. The van der Waals surface area contributed by atoms with Crippen LogP contribution in [0.4, 0.5) is 19.3 Å². The molecule has 0 fully saturated rings. The second-order valence-electron chi connectivity index (χ2n) is 5.39. The van der Waals surface area contributed by atoms with E-state index in [0.717, 1.165) is 6.07 Å². The summed E-state index contributed by atoms with van der Waals surface area (Å²) in [5, 5.41) is 2.59. The number of hydrogen-bond acceptors (Lipinski definition) is 2. The van der Waals surface area contributed by atoms with Crippen LogP contribution in [0.3, 0.4) is 0 Å². The summed E-state index contributed by atoms with van der Waals surface area (Å²) in [7, 11) is 0. The summed E-state index contributed by atoms with van der Waals surface area (Å²) >= 11 is 0. The average molecular weight is 289 g/mol. The minimum absolute atomic E-state index is 0.172. The second kappa shape index (κ2) is 4.55. The third-order valence-corrected chi connectivity index (χ3v) is 3.52. The lowest BCUT2D eigenvalue weighted by Gasteiger charge is -2.32. The number of anilines is 1. The van der Waals surface area contributed by atoms with Gasteiger partial charge in [-0.25, -0.2) is 13.6 Å². The quantitative estimate of drug-likeness (QED) is 0.843. The van der Waals surface area contributed by atoms with Crippen molar-refractivity contribution < 1.29 is 18.3 Å². The molecule has 0 aromatic heterocycles. The summed E-state index contributed by atoms with van der Waals surface area (Å²) < 4.78 is 32.5. The van der Waals surface area contributed by atoms with Gasteiger partial charge in [-0.15, -0.1) is 0 Å². The van der Waals surface area contributed by atoms with Crippen LogP contribution in [0.2, 0.25) is 0 Å². The van der Waals surface area contributed by atoms with Crippen LogP contribution < -0.4 is 5.32 Å². The molecule has 1 aliphatic heterocycles. The van der Waals surface area contributed by atoms with Crippen LogP contribution in [-0.2, 0) is 10.3 Å². The third-order valence-electron chi connectivity index (χ3n) is 3.52. The number of benzene rings is 2. The van der Waals surface area contributed by atoms with E-state index in [9.17, 15) is 13.6 Å². The zero-order valence-corrected chi connectivity index (χ0v) is 11.5. The molecule has 1 heterocycles. The summed E-state index contributed by atoms with van der Waals surface area (Å²) in [5.74, 6) is -1.79. The van der Waals surface area contributed by atoms with Crippen LogP contribution in [0.25, 0.3) is 11.1 Å². The molecule has 3 nitrogen and oxygen atoms in total. The molecule has 21 heavy (non-hydrogen) atoms. The largest absolute Gasteiger partial charge is 0.438 e. The SMILES string of the molecule is CC1(C)OC(=O)Nc2ccc(-c3cccc(F)c3F)cc21. The Bertz CT molecular complexity index is 741. The standard InChI is InChI=1S/C16H13F2NO2/c1-16(2)11-8-9(6-7-13(11)19-15(20)21-16)10-4-3-5-12(17)14(10)18/h3-8H,1-2H3,(H,19,20). The highest BCUT2D eigenvalue weighted by Crippen LogP contribution is 2.38. The lowest BCUT2D eigenvalue weighted by atomic mass is 9.91. The van der Waals surface area contributed by atoms with Gasteiger partial charge in [0.1, 0.15) is 5.60 Å². The van der Waals surface area contributed by atoms with Crippen LogP contribution >= 0.6 is 0 Å². The van der Waals surface area contributed by atoms with E-state index in [0.29, 0.717) is 16.8 Å². The van der Waals surface area contributed by atoms with Crippen LogP contribution in [-0.4, -0.2) is 6.09 Å². The molecule has 1 aliphatic rings. The van der Waals surface area contributed by atoms with E-state index in [1.54, 1.807) is 32.0 Å². The van der Waals surface area contributed by atoms with Crippen LogP contribution in [0.15, 0.2) is 36.4 Å². The molecule has 0 saturated carbocycles. The van der Waals surface area contributed by atoms with Crippen LogP contribution in [0.5, 0.6) is 0 Å². The molecule has 0 spiro atoms. The van der Waals surface area contributed by atoms with Crippen molar-refractivity contribution in [3.63, 3.8) is 0 Å². The van der Waals surface area contributed by atoms with Crippen molar-refractivity contribution in [2.24, 2.45) is 0 Å². The lowest BCUT2D eigenvalue weighted by molar-refractivity contribution is 0.0421. The Kier molecular flexibility index (Phi) is 2.93. The fourth-order valence-corrected chi connectivity index (χ4v) is 2.47. The van der Waals surface area contributed by atoms with Crippen LogP contribution in [0.1, 0.15) is 19.4 Å². The van der Waals surface area contributed by atoms with Crippen LogP contribution in [0, 0.1) is 11.6 Å². The van der Waals surface area contributed by atoms with E-state index in [4.69, 9.17) is 4.74 Å². The molecule has 2 aromatic carbocycles. The number of ether oxygens (including phenoxy) is 1. The van der Waals surface area contributed by atoms with Gasteiger partial charge in [0, 0.05) is 11.1 Å². The molecule has 0 radical (unpaired) electrons. The molecule has 0 saturated heterocycles. The highest BCUT2D eigenvalue weighted by atomic mass is 19.2. The summed E-state index contributed by atoms with van der Waals surface area (Å²) in [6, 6.07) is 9.04. The van der Waals surface area contributed by atoms with Crippen molar-refractivity contribution >= 4 is 11.8 Å². The molecule has 5 heteroatoms. The number of cyclic esters (lactones) is 1. The molecule has 108 valence electrons. The Balaban J connectivity index is 2.16. The van der Waals surface area contributed by atoms with Crippen molar-refractivity contribution in [1.82, 2.24) is 0 Å². The molecule has 3 rings (SSSR count). The van der Waals surface area contributed by atoms with E-state index in [2.05, 4.69) is 5.32 Å². The van der Waals surface area contributed by atoms with Gasteiger partial charge < -0.3 is 4.74 Å². The molecular formula is C16H13F2NO2. The van der Waals surface area contributed by atoms with Gasteiger partial charge in [0.25, 0.3) is 0 Å². The first-order valence-corrected chi connectivity index (χ1v) is 6.47. The van der Waals surface area contributed by atoms with Gasteiger partial charge in [-0.05, 0) is 37.6 Å². The zero-order valence-electron chi connectivity index (χ0n) is 11.5. The van der Waals surface area contributed by atoms with Gasteiger partial charge in [-0.1, -0.05) is 18.2 Å². The van der Waals surface area contributed by atoms with Gasteiger partial charge in [0.2, 0.25) is 0 Å². The Morgan fingerprint density at radius 1 is 1.14 bits per heavy atom. The first kappa shape index (κ1) is 13.5. The monoisotopic (exact) mass is 289 g/mol. The number of carbonyl (C=O) groups excluding carboxylic acids is 1. The van der Waals surface area contributed by atoms with Gasteiger partial charge >= 0.3 is 6.09 Å². The summed E-state index contributed by atoms with van der Waals surface area (Å²) in [6.07, 6.45) is -0.530. The van der Waals surface area contributed by atoms with E-state index >= 15 is 0 Å². The molecule has 0 bridgehead atoms. The second-order valence-corrected chi connectivity index (χ2v) is 5.39. The van der Waals surface area contributed by atoms with Gasteiger partial charge in [0.05, 0.1) is 5.69 Å². The zero-order chi connectivity index (χ0) is 15.2. The minimum atomic E-state index is -0.894. The Morgan fingerprint density at radius 2 is 1.90 bits per heavy atom. The highest BCUT2D eigenvalue weighted by molar-refractivity contribution is 5.89. The lowest BCUT2D eigenvalue weighted by Crippen LogP contribution is -2.34. The predicted octanol–water partition coefficient (Wildman–Crippen LogP) is 4.43. The molecule has 1 N–H and O–H groups in total. The van der Waals surface area contributed by atoms with Crippen molar-refractivity contribution in [2.45, 2.75) is 19.4 Å². The minimum Gasteiger partial charge on any atom is -0.438 e. The highest BCUT2D eigenvalue weighted by Gasteiger charge is 2.33. The maximum Gasteiger partial charge on any atom is 0.412 e. The average Bonchev–Trinajstić information content (AvgIpc) is 2.41. The van der Waals surface area contributed by atoms with Crippen molar-refractivity contribution in [1.29, 1.82) is 0 Å². The fraction of sp³-hybridized carbons (Fsp3) is 0.188. The normalized spacial score (nSPS) is 15.9. The molecule has 0 aliphatic carbocycles. The summed E-state index contributed by atoms with van der Waals surface area (Å²) in [4.78, 5) is 11.5. The number of fused-ring (bicyclic) bond motifs is 1. The number of hydrogen-bond donors (Lipinski definition) is 1. The summed E-state index contributed by atoms with van der Waals surface area (Å²) in [5.41, 5.74) is 1.18. The maximum atomic E-state index is 13.9. The predicted molar refractivity (Wildman–Crippen MR) is 74.9 cm³/mol. The Hall–Kier alpha value is -2.43. The topological polar surface area (TPSA) is 38.3 Å². The van der Waals surface area contributed by atoms with Crippen molar-refractivity contribution in [3.05, 3.63) is 53.6 Å². The fourth-order valence-electron chi connectivity index (χ4n) is 2.47. The molecule has 0 unspecified atom stereocenters. The van der Waals surface area contributed by atoms with E-state index in [1.807, 2.05) is 0 Å². The molecular weight excluding hydrogens is 276 g/mol. The molecule has 0 atom stereocenters. The molecule has 2 aromatic rings. The first-order chi connectivity index (χ1) is 9.88. The van der Waals surface area contributed by atoms with Crippen molar-refractivity contribution in [3.8, 4) is 11.1 Å².